The zero-order chi connectivity index (χ0) is 14.6. The highest BCUT2D eigenvalue weighted by atomic mass is 16.7. The van der Waals surface area contributed by atoms with Gasteiger partial charge in [-0.15, -0.1) is 0 Å². The Balaban J connectivity index is 3.26. The molecule has 0 aliphatic rings. The summed E-state index contributed by atoms with van der Waals surface area (Å²) in [7, 11) is 3.38. The minimum absolute atomic E-state index is 0.0365. The summed E-state index contributed by atoms with van der Waals surface area (Å²) in [6, 6.07) is 0. The number of methoxy groups -OCH3 is 2. The van der Waals surface area contributed by atoms with Crippen LogP contribution in [0.3, 0.4) is 0 Å². The molecule has 19 heavy (non-hydrogen) atoms. The fourth-order valence-corrected chi connectivity index (χ4v) is 2.17. The van der Waals surface area contributed by atoms with Crippen LogP contribution in [-0.4, -0.2) is 26.8 Å². The van der Waals surface area contributed by atoms with Gasteiger partial charge in [-0.25, -0.2) is 0 Å². The molecule has 0 aliphatic heterocycles. The SMILES string of the molecule is COC(CCCCCCCCCC(C)(C)C=O)OC. The first-order valence-corrected chi connectivity index (χ1v) is 7.57. The Morgan fingerprint density at radius 1 is 0.895 bits per heavy atom. The molecule has 0 amide bonds. The van der Waals surface area contributed by atoms with Crippen molar-refractivity contribution in [1.29, 1.82) is 0 Å². The summed E-state index contributed by atoms with van der Waals surface area (Å²) in [5.74, 6) is 0. The normalized spacial score (nSPS) is 12.1. The molecule has 0 bridgehead atoms. The van der Waals surface area contributed by atoms with Gasteiger partial charge in [-0.2, -0.15) is 0 Å². The molecule has 0 saturated carbocycles. The molecule has 0 aromatic carbocycles. The highest BCUT2D eigenvalue weighted by Crippen LogP contribution is 2.21. The van der Waals surface area contributed by atoms with Crippen LogP contribution < -0.4 is 0 Å². The van der Waals surface area contributed by atoms with Gasteiger partial charge >= 0.3 is 0 Å². The van der Waals surface area contributed by atoms with Crippen LogP contribution in [-0.2, 0) is 14.3 Å². The number of carbonyl (C=O) groups is 1. The van der Waals surface area contributed by atoms with Gasteiger partial charge in [-0.3, -0.25) is 0 Å². The number of ether oxygens (including phenoxy) is 2. The van der Waals surface area contributed by atoms with Crippen molar-refractivity contribution in [3.05, 3.63) is 0 Å². The van der Waals surface area contributed by atoms with Crippen LogP contribution in [0.2, 0.25) is 0 Å². The Morgan fingerprint density at radius 3 is 1.84 bits per heavy atom. The van der Waals surface area contributed by atoms with E-state index in [0.29, 0.717) is 0 Å². The lowest BCUT2D eigenvalue weighted by molar-refractivity contribution is -0.115. The van der Waals surface area contributed by atoms with E-state index in [4.69, 9.17) is 9.47 Å². The van der Waals surface area contributed by atoms with Crippen LogP contribution in [0.5, 0.6) is 0 Å². The first-order valence-electron chi connectivity index (χ1n) is 7.57. The highest BCUT2D eigenvalue weighted by Gasteiger charge is 2.14. The average molecular weight is 272 g/mol. The lowest BCUT2D eigenvalue weighted by Crippen LogP contribution is -2.12. The van der Waals surface area contributed by atoms with Crippen LogP contribution in [0.4, 0.5) is 0 Å². The number of hydrogen-bond donors (Lipinski definition) is 0. The van der Waals surface area contributed by atoms with E-state index in [0.717, 1.165) is 19.1 Å². The third kappa shape index (κ3) is 11.1. The second-order valence-electron chi connectivity index (χ2n) is 6.02. The van der Waals surface area contributed by atoms with Crippen LogP contribution in [0.1, 0.15) is 71.6 Å². The molecule has 3 nitrogen and oxygen atoms in total. The summed E-state index contributed by atoms with van der Waals surface area (Å²) in [6.07, 6.45) is 11.8. The van der Waals surface area contributed by atoms with Gasteiger partial charge in [0.1, 0.15) is 6.29 Å². The largest absolute Gasteiger partial charge is 0.356 e. The number of carbonyl (C=O) groups excluding carboxylic acids is 1. The molecule has 3 heteroatoms. The molecule has 0 atom stereocenters. The molecule has 0 N–H and O–H groups in total. The maximum atomic E-state index is 10.7. The Hall–Kier alpha value is -0.410. The molecule has 0 aromatic rings. The van der Waals surface area contributed by atoms with Crippen molar-refractivity contribution >= 4 is 6.29 Å². The van der Waals surface area contributed by atoms with Gasteiger partial charge in [0.15, 0.2) is 6.29 Å². The van der Waals surface area contributed by atoms with Gasteiger partial charge in [0.2, 0.25) is 0 Å². The standard InChI is InChI=1S/C16H32O3/c1-16(2,14-17)13-11-9-7-5-6-8-10-12-15(18-3)19-4/h14-15H,5-13H2,1-4H3. The summed E-state index contributed by atoms with van der Waals surface area (Å²) in [4.78, 5) is 10.7. The summed E-state index contributed by atoms with van der Waals surface area (Å²) in [5, 5.41) is 0. The molecule has 0 saturated heterocycles. The molecule has 0 radical (unpaired) electrons. The topological polar surface area (TPSA) is 35.5 Å². The highest BCUT2D eigenvalue weighted by molar-refractivity contribution is 5.57. The predicted molar refractivity (Wildman–Crippen MR) is 79.2 cm³/mol. The Morgan fingerprint density at radius 2 is 1.37 bits per heavy atom. The summed E-state index contributed by atoms with van der Waals surface area (Å²) in [6.45, 7) is 4.03. The number of aldehydes is 1. The van der Waals surface area contributed by atoms with Gasteiger partial charge < -0.3 is 14.3 Å². The van der Waals surface area contributed by atoms with E-state index in [9.17, 15) is 4.79 Å². The van der Waals surface area contributed by atoms with Crippen molar-refractivity contribution in [2.75, 3.05) is 14.2 Å². The Bertz CT molecular complexity index is 210. The molecular weight excluding hydrogens is 240 g/mol. The van der Waals surface area contributed by atoms with Crippen molar-refractivity contribution in [3.8, 4) is 0 Å². The first-order chi connectivity index (χ1) is 9.05. The molecule has 0 heterocycles. The zero-order valence-electron chi connectivity index (χ0n) is 13.2. The second-order valence-corrected chi connectivity index (χ2v) is 6.02. The summed E-state index contributed by atoms with van der Waals surface area (Å²) < 4.78 is 10.3. The third-order valence-corrected chi connectivity index (χ3v) is 3.61. The fraction of sp³-hybridized carbons (Fsp3) is 0.938. The van der Waals surface area contributed by atoms with E-state index in [1.54, 1.807) is 14.2 Å². The van der Waals surface area contributed by atoms with Crippen molar-refractivity contribution in [1.82, 2.24) is 0 Å². The van der Waals surface area contributed by atoms with Gasteiger partial charge in [-0.05, 0) is 19.3 Å². The van der Waals surface area contributed by atoms with E-state index >= 15 is 0 Å². The van der Waals surface area contributed by atoms with E-state index in [1.807, 2.05) is 13.8 Å². The summed E-state index contributed by atoms with van der Waals surface area (Å²) in [5.41, 5.74) is -0.130. The Kier molecular flexibility index (Phi) is 11.2. The van der Waals surface area contributed by atoms with Crippen molar-refractivity contribution in [3.63, 3.8) is 0 Å². The van der Waals surface area contributed by atoms with Crippen LogP contribution in [0, 0.1) is 5.41 Å². The van der Waals surface area contributed by atoms with E-state index in [-0.39, 0.29) is 11.7 Å². The fourth-order valence-electron chi connectivity index (χ4n) is 2.17. The van der Waals surface area contributed by atoms with Gasteiger partial charge in [0.05, 0.1) is 0 Å². The van der Waals surface area contributed by atoms with Crippen molar-refractivity contribution < 1.29 is 14.3 Å². The molecule has 0 fully saturated rings. The van der Waals surface area contributed by atoms with Crippen LogP contribution >= 0.6 is 0 Å². The van der Waals surface area contributed by atoms with Gasteiger partial charge in [0.25, 0.3) is 0 Å². The minimum atomic E-state index is -0.130. The molecular formula is C16H32O3. The molecule has 0 aromatic heterocycles. The van der Waals surface area contributed by atoms with Gasteiger partial charge in [0, 0.05) is 19.6 Å². The third-order valence-electron chi connectivity index (χ3n) is 3.61. The Labute approximate surface area is 119 Å². The number of rotatable bonds is 13. The van der Waals surface area contributed by atoms with Crippen LogP contribution in [0.15, 0.2) is 0 Å². The molecule has 114 valence electrons. The maximum absolute atomic E-state index is 10.7. The lowest BCUT2D eigenvalue weighted by atomic mass is 9.88. The minimum Gasteiger partial charge on any atom is -0.356 e. The first kappa shape index (κ1) is 18.6. The number of unbranched alkanes of at least 4 members (excludes halogenated alkanes) is 6. The quantitative estimate of drug-likeness (QED) is 0.284. The molecule has 0 unspecified atom stereocenters. The molecule has 0 spiro atoms. The monoisotopic (exact) mass is 272 g/mol. The number of hydrogen-bond acceptors (Lipinski definition) is 3. The lowest BCUT2D eigenvalue weighted by Gasteiger charge is -2.15. The maximum Gasteiger partial charge on any atom is 0.156 e. The van der Waals surface area contributed by atoms with Crippen LogP contribution in [0.25, 0.3) is 0 Å². The second kappa shape index (κ2) is 11.4. The zero-order valence-corrected chi connectivity index (χ0v) is 13.2. The molecule has 0 rings (SSSR count). The van der Waals surface area contributed by atoms with E-state index in [1.165, 1.54) is 44.9 Å². The predicted octanol–water partition coefficient (Wildman–Crippen LogP) is 4.34. The molecule has 0 aliphatic carbocycles. The van der Waals surface area contributed by atoms with Crippen molar-refractivity contribution in [2.24, 2.45) is 5.41 Å². The van der Waals surface area contributed by atoms with E-state index in [2.05, 4.69) is 0 Å². The smallest absolute Gasteiger partial charge is 0.156 e. The van der Waals surface area contributed by atoms with E-state index < -0.39 is 0 Å². The summed E-state index contributed by atoms with van der Waals surface area (Å²) >= 11 is 0. The average Bonchev–Trinajstić information content (AvgIpc) is 2.41. The van der Waals surface area contributed by atoms with Gasteiger partial charge in [-0.1, -0.05) is 52.4 Å². The van der Waals surface area contributed by atoms with Crippen molar-refractivity contribution in [2.45, 2.75) is 77.9 Å².